The van der Waals surface area contributed by atoms with Crippen LogP contribution in [0.1, 0.15) is 58.3 Å². The van der Waals surface area contributed by atoms with Crippen molar-refractivity contribution in [1.29, 1.82) is 0 Å². The van der Waals surface area contributed by atoms with Crippen LogP contribution in [0.3, 0.4) is 0 Å². The largest absolute Gasteiger partial charge is 0.328 e. The zero-order valence-electron chi connectivity index (χ0n) is 10.7. The van der Waals surface area contributed by atoms with E-state index >= 15 is 0 Å². The molecule has 0 aromatic rings. The Kier molecular flexibility index (Phi) is 2.99. The summed E-state index contributed by atoms with van der Waals surface area (Å²) in [6.45, 7) is 2.46. The maximum Gasteiger partial charge on any atom is 0.00416 e. The van der Waals surface area contributed by atoms with Gasteiger partial charge in [-0.05, 0) is 74.5 Å². The molecule has 0 heterocycles. The Balaban J connectivity index is 1.71. The van der Waals surface area contributed by atoms with E-state index in [9.17, 15) is 0 Å². The Morgan fingerprint density at radius 3 is 2.12 bits per heavy atom. The van der Waals surface area contributed by atoms with Crippen molar-refractivity contribution in [3.8, 4) is 0 Å². The fourth-order valence-electron chi connectivity index (χ4n) is 5.07. The van der Waals surface area contributed by atoms with Crippen molar-refractivity contribution < 1.29 is 0 Å². The summed E-state index contributed by atoms with van der Waals surface area (Å²) >= 11 is 0. The topological polar surface area (TPSA) is 26.0 Å². The summed E-state index contributed by atoms with van der Waals surface area (Å²) < 4.78 is 0. The molecule has 6 atom stereocenters. The van der Waals surface area contributed by atoms with Crippen molar-refractivity contribution in [2.24, 2.45) is 35.3 Å². The Morgan fingerprint density at radius 1 is 0.750 bits per heavy atom. The summed E-state index contributed by atoms with van der Waals surface area (Å²) in [4.78, 5) is 0. The minimum atomic E-state index is 0.528. The average Bonchev–Trinajstić information content (AvgIpc) is 2.28. The first kappa shape index (κ1) is 11.1. The van der Waals surface area contributed by atoms with E-state index in [1.54, 1.807) is 0 Å². The zero-order chi connectivity index (χ0) is 11.1. The van der Waals surface area contributed by atoms with Gasteiger partial charge in [-0.25, -0.2) is 0 Å². The first-order valence-corrected chi connectivity index (χ1v) is 7.49. The second-order valence-corrected chi connectivity index (χ2v) is 6.92. The Bertz CT molecular complexity index is 224. The molecule has 3 aliphatic rings. The number of fused-ring (bicyclic) bond motifs is 3. The van der Waals surface area contributed by atoms with Crippen molar-refractivity contribution >= 4 is 0 Å². The van der Waals surface area contributed by atoms with E-state index in [2.05, 4.69) is 6.92 Å². The zero-order valence-corrected chi connectivity index (χ0v) is 10.7. The molecule has 3 rings (SSSR count). The Labute approximate surface area is 100 Å². The highest BCUT2D eigenvalue weighted by Crippen LogP contribution is 2.52. The van der Waals surface area contributed by atoms with Gasteiger partial charge in [-0.3, -0.25) is 0 Å². The molecule has 0 saturated heterocycles. The van der Waals surface area contributed by atoms with E-state index in [0.717, 1.165) is 29.6 Å². The fraction of sp³-hybridized carbons (Fsp3) is 1.00. The summed E-state index contributed by atoms with van der Waals surface area (Å²) in [5.74, 6) is 5.23. The van der Waals surface area contributed by atoms with Gasteiger partial charge in [0.1, 0.15) is 0 Å². The van der Waals surface area contributed by atoms with Crippen LogP contribution in [0.4, 0.5) is 0 Å². The van der Waals surface area contributed by atoms with Crippen LogP contribution in [0.5, 0.6) is 0 Å². The van der Waals surface area contributed by atoms with Gasteiger partial charge >= 0.3 is 0 Å². The van der Waals surface area contributed by atoms with Crippen LogP contribution < -0.4 is 5.73 Å². The maximum atomic E-state index is 6.13. The van der Waals surface area contributed by atoms with Gasteiger partial charge in [-0.15, -0.1) is 0 Å². The average molecular weight is 221 g/mol. The van der Waals surface area contributed by atoms with Crippen molar-refractivity contribution in [2.75, 3.05) is 0 Å². The molecule has 92 valence electrons. The SMILES string of the molecule is CC1CCC2C(CCC3CC(N)CCC32)C1. The Morgan fingerprint density at radius 2 is 1.38 bits per heavy atom. The first-order chi connectivity index (χ1) is 7.74. The molecule has 3 saturated carbocycles. The van der Waals surface area contributed by atoms with Crippen molar-refractivity contribution in [2.45, 2.75) is 64.3 Å². The highest BCUT2D eigenvalue weighted by Gasteiger charge is 2.43. The Hall–Kier alpha value is -0.0400. The molecule has 1 nitrogen and oxygen atoms in total. The van der Waals surface area contributed by atoms with Gasteiger partial charge in [0.05, 0.1) is 0 Å². The third kappa shape index (κ3) is 1.92. The third-order valence-electron chi connectivity index (χ3n) is 5.84. The number of hydrogen-bond donors (Lipinski definition) is 1. The monoisotopic (exact) mass is 221 g/mol. The summed E-state index contributed by atoms with van der Waals surface area (Å²) in [6.07, 6.45) is 11.7. The highest BCUT2D eigenvalue weighted by atomic mass is 14.7. The second kappa shape index (κ2) is 4.33. The van der Waals surface area contributed by atoms with E-state index in [4.69, 9.17) is 5.73 Å². The van der Waals surface area contributed by atoms with Crippen LogP contribution in [0.15, 0.2) is 0 Å². The molecule has 0 radical (unpaired) electrons. The molecule has 16 heavy (non-hydrogen) atoms. The maximum absolute atomic E-state index is 6.13. The van der Waals surface area contributed by atoms with Gasteiger partial charge in [0, 0.05) is 6.04 Å². The number of rotatable bonds is 0. The summed E-state index contributed by atoms with van der Waals surface area (Å²) in [5, 5.41) is 0. The van der Waals surface area contributed by atoms with Crippen LogP contribution >= 0.6 is 0 Å². The van der Waals surface area contributed by atoms with Crippen LogP contribution in [0, 0.1) is 29.6 Å². The molecule has 0 aliphatic heterocycles. The van der Waals surface area contributed by atoms with E-state index in [-0.39, 0.29) is 0 Å². The smallest absolute Gasteiger partial charge is 0.00416 e. The lowest BCUT2D eigenvalue weighted by atomic mass is 9.56. The van der Waals surface area contributed by atoms with Gasteiger partial charge in [-0.1, -0.05) is 13.3 Å². The molecule has 2 N–H and O–H groups in total. The van der Waals surface area contributed by atoms with Crippen molar-refractivity contribution in [3.05, 3.63) is 0 Å². The lowest BCUT2D eigenvalue weighted by molar-refractivity contribution is 0.00996. The van der Waals surface area contributed by atoms with Crippen molar-refractivity contribution in [1.82, 2.24) is 0 Å². The minimum Gasteiger partial charge on any atom is -0.328 e. The van der Waals surface area contributed by atoms with Gasteiger partial charge < -0.3 is 5.73 Å². The molecule has 3 aliphatic carbocycles. The summed E-state index contributed by atoms with van der Waals surface area (Å²) in [5.41, 5.74) is 6.13. The molecule has 0 aromatic carbocycles. The van der Waals surface area contributed by atoms with Crippen LogP contribution in [-0.2, 0) is 0 Å². The standard InChI is InChI=1S/C15H27N/c1-10-2-6-14-11(8-10)3-4-12-9-13(16)5-7-15(12)14/h10-15H,2-9,16H2,1H3. The second-order valence-electron chi connectivity index (χ2n) is 6.92. The lowest BCUT2D eigenvalue weighted by Crippen LogP contribution is -2.43. The molecule has 1 heteroatoms. The van der Waals surface area contributed by atoms with E-state index in [1.165, 1.54) is 51.4 Å². The number of nitrogens with two attached hydrogens (primary N) is 1. The highest BCUT2D eigenvalue weighted by molar-refractivity contribution is 4.94. The molecular weight excluding hydrogens is 194 g/mol. The van der Waals surface area contributed by atoms with Gasteiger partial charge in [0.25, 0.3) is 0 Å². The molecule has 6 unspecified atom stereocenters. The quantitative estimate of drug-likeness (QED) is 0.665. The predicted molar refractivity (Wildman–Crippen MR) is 68.0 cm³/mol. The van der Waals surface area contributed by atoms with Crippen LogP contribution in [0.25, 0.3) is 0 Å². The summed E-state index contributed by atoms with van der Waals surface area (Å²) in [7, 11) is 0. The molecule has 0 spiro atoms. The molecule has 3 fully saturated rings. The summed E-state index contributed by atoms with van der Waals surface area (Å²) in [6, 6.07) is 0.528. The van der Waals surface area contributed by atoms with Gasteiger partial charge in [0.2, 0.25) is 0 Å². The van der Waals surface area contributed by atoms with E-state index in [0.29, 0.717) is 6.04 Å². The van der Waals surface area contributed by atoms with Gasteiger partial charge in [-0.2, -0.15) is 0 Å². The molecular formula is C15H27N. The molecule has 0 amide bonds. The normalized spacial score (nSPS) is 52.9. The first-order valence-electron chi connectivity index (χ1n) is 7.49. The minimum absolute atomic E-state index is 0.528. The molecule has 0 bridgehead atoms. The van der Waals surface area contributed by atoms with Crippen LogP contribution in [0.2, 0.25) is 0 Å². The fourth-order valence-corrected chi connectivity index (χ4v) is 5.07. The van der Waals surface area contributed by atoms with Crippen molar-refractivity contribution in [3.63, 3.8) is 0 Å². The third-order valence-corrected chi connectivity index (χ3v) is 5.84. The van der Waals surface area contributed by atoms with E-state index in [1.807, 2.05) is 0 Å². The predicted octanol–water partition coefficient (Wildman–Crippen LogP) is 3.58. The van der Waals surface area contributed by atoms with Gasteiger partial charge in [0.15, 0.2) is 0 Å². The lowest BCUT2D eigenvalue weighted by Gasteiger charge is -2.50. The van der Waals surface area contributed by atoms with Crippen LogP contribution in [-0.4, -0.2) is 6.04 Å². The number of hydrogen-bond acceptors (Lipinski definition) is 1. The molecule has 0 aromatic heterocycles. The van der Waals surface area contributed by atoms with E-state index < -0.39 is 0 Å².